The quantitative estimate of drug-likeness (QED) is 0.430. The first-order valence-electron chi connectivity index (χ1n) is 10.7. The van der Waals surface area contributed by atoms with Crippen LogP contribution in [-0.2, 0) is 5.54 Å². The molecule has 0 radical (unpaired) electrons. The summed E-state index contributed by atoms with van der Waals surface area (Å²) in [6, 6.07) is 2.94. The molecule has 34 heavy (non-hydrogen) atoms. The predicted molar refractivity (Wildman–Crippen MR) is 116 cm³/mol. The molecule has 0 aliphatic heterocycles. The molecular weight excluding hydrogens is 459 g/mol. The summed E-state index contributed by atoms with van der Waals surface area (Å²) in [5.41, 5.74) is -1.76. The molecule has 2 heterocycles. The normalized spacial score (nSPS) is 15.7. The van der Waals surface area contributed by atoms with Crippen LogP contribution in [-0.4, -0.2) is 27.6 Å². The highest BCUT2D eigenvalue weighted by atomic mass is 19.3. The lowest BCUT2D eigenvalue weighted by molar-refractivity contribution is 0.0815. The molecule has 1 aliphatic rings. The van der Waals surface area contributed by atoms with E-state index in [1.54, 1.807) is 6.92 Å². The van der Waals surface area contributed by atoms with Crippen LogP contribution in [0, 0.1) is 12.7 Å². The van der Waals surface area contributed by atoms with Crippen molar-refractivity contribution < 1.29 is 26.7 Å². The molecular formula is C23H23F5N4O2. The number of aryl methyl sites for hydroxylation is 1. The number of ether oxygens (including phenoxy) is 1. The lowest BCUT2D eigenvalue weighted by atomic mass is 10.0. The Kier molecular flexibility index (Phi) is 6.22. The van der Waals surface area contributed by atoms with Gasteiger partial charge in [-0.25, -0.2) is 31.9 Å². The van der Waals surface area contributed by atoms with Gasteiger partial charge in [0.15, 0.2) is 0 Å². The molecule has 1 N–H and O–H groups in total. The Labute approximate surface area is 191 Å². The van der Waals surface area contributed by atoms with Crippen LogP contribution in [0.5, 0.6) is 5.75 Å². The number of benzene rings is 1. The average molecular weight is 482 g/mol. The van der Waals surface area contributed by atoms with Gasteiger partial charge in [-0.2, -0.15) is 0 Å². The fraction of sp³-hybridized carbons (Fsp3) is 0.435. The maximum atomic E-state index is 14.7. The lowest BCUT2D eigenvalue weighted by Crippen LogP contribution is -2.30. The third-order valence-corrected chi connectivity index (χ3v) is 5.97. The fourth-order valence-electron chi connectivity index (χ4n) is 3.84. The van der Waals surface area contributed by atoms with Crippen molar-refractivity contribution in [3.05, 3.63) is 57.5 Å². The largest absolute Gasteiger partial charge is 0.480 e. The van der Waals surface area contributed by atoms with Gasteiger partial charge >= 0.3 is 0 Å². The summed E-state index contributed by atoms with van der Waals surface area (Å²) in [6.07, 6.45) is -2.82. The maximum absolute atomic E-state index is 14.7. The van der Waals surface area contributed by atoms with Gasteiger partial charge in [0.25, 0.3) is 18.4 Å². The van der Waals surface area contributed by atoms with Crippen molar-refractivity contribution in [3.63, 3.8) is 0 Å². The first-order chi connectivity index (χ1) is 16.0. The van der Waals surface area contributed by atoms with Gasteiger partial charge in [-0.3, -0.25) is 4.79 Å². The number of anilines is 1. The van der Waals surface area contributed by atoms with Crippen molar-refractivity contribution in [2.45, 2.75) is 58.0 Å². The van der Waals surface area contributed by atoms with Gasteiger partial charge in [-0.1, -0.05) is 18.2 Å². The summed E-state index contributed by atoms with van der Waals surface area (Å²) in [7, 11) is 0. The van der Waals surface area contributed by atoms with Crippen LogP contribution < -0.4 is 15.6 Å². The Bertz CT molecular complexity index is 1290. The summed E-state index contributed by atoms with van der Waals surface area (Å²) in [4.78, 5) is 21.7. The number of pyridine rings is 1. The zero-order valence-corrected chi connectivity index (χ0v) is 18.7. The third-order valence-electron chi connectivity index (χ3n) is 5.97. The van der Waals surface area contributed by atoms with Crippen molar-refractivity contribution in [1.29, 1.82) is 0 Å². The number of aromatic nitrogens is 3. The number of hydrogen-bond donors (Lipinski definition) is 1. The van der Waals surface area contributed by atoms with Crippen molar-refractivity contribution in [3.8, 4) is 5.75 Å². The van der Waals surface area contributed by atoms with Gasteiger partial charge in [0.2, 0.25) is 5.75 Å². The third kappa shape index (κ3) is 4.43. The summed E-state index contributed by atoms with van der Waals surface area (Å²) in [5.74, 6) is -0.952. The second-order valence-corrected chi connectivity index (χ2v) is 8.63. The molecule has 1 aromatic carbocycles. The second-order valence-electron chi connectivity index (χ2n) is 8.63. The molecule has 3 aromatic rings. The average Bonchev–Trinajstić information content (AvgIpc) is 3.50. The summed E-state index contributed by atoms with van der Waals surface area (Å²) in [5, 5.41) is 3.31. The number of rotatable bonds is 8. The van der Waals surface area contributed by atoms with Crippen LogP contribution in [0.3, 0.4) is 0 Å². The van der Waals surface area contributed by atoms with Gasteiger partial charge in [-0.15, -0.1) is 0 Å². The van der Waals surface area contributed by atoms with Crippen molar-refractivity contribution >= 4 is 16.7 Å². The van der Waals surface area contributed by atoms with E-state index in [4.69, 9.17) is 4.74 Å². The van der Waals surface area contributed by atoms with Crippen molar-refractivity contribution in [2.24, 2.45) is 0 Å². The number of nitrogens with zero attached hydrogens (tertiary/aromatic N) is 3. The fourth-order valence-corrected chi connectivity index (χ4v) is 3.84. The molecule has 0 amide bonds. The van der Waals surface area contributed by atoms with Crippen LogP contribution in [0.25, 0.3) is 10.9 Å². The minimum atomic E-state index is -2.97. The minimum Gasteiger partial charge on any atom is -0.480 e. The van der Waals surface area contributed by atoms with Gasteiger partial charge in [-0.05, 0) is 33.6 Å². The molecule has 11 heteroatoms. The monoisotopic (exact) mass is 482 g/mol. The summed E-state index contributed by atoms with van der Waals surface area (Å²) >= 11 is 0. The van der Waals surface area contributed by atoms with Gasteiger partial charge in [0.1, 0.15) is 29.6 Å². The van der Waals surface area contributed by atoms with Crippen LogP contribution in [0.4, 0.5) is 27.8 Å². The zero-order valence-electron chi connectivity index (χ0n) is 18.7. The van der Waals surface area contributed by atoms with E-state index in [1.165, 1.54) is 29.8 Å². The number of fused-ring (bicyclic) bond motifs is 1. The molecule has 1 aliphatic carbocycles. The molecule has 0 bridgehead atoms. The molecule has 1 atom stereocenters. The van der Waals surface area contributed by atoms with Gasteiger partial charge < -0.3 is 14.6 Å². The Morgan fingerprint density at radius 1 is 1.18 bits per heavy atom. The summed E-state index contributed by atoms with van der Waals surface area (Å²) < 4.78 is 73.4. The summed E-state index contributed by atoms with van der Waals surface area (Å²) in [6.45, 7) is 3.98. The highest BCUT2D eigenvalue weighted by Crippen LogP contribution is 2.43. The molecule has 1 fully saturated rings. The Hall–Kier alpha value is -3.24. The Morgan fingerprint density at radius 2 is 1.85 bits per heavy atom. The standard InChI is InChI=1S/C23H23F5N4O2/c1-11(13-5-4-6-14(17(13)26)20(27)28)29-21-15-9-32(23(3)7-8-23)22(33)19(34-10-16(24)25)18(15)30-12(2)31-21/h4-6,9,11,16,20H,7-8,10H2,1-3H3,(H,29,30,31)/t11-/m1/s1. The van der Waals surface area contributed by atoms with E-state index < -0.39 is 48.0 Å². The van der Waals surface area contributed by atoms with Crippen molar-refractivity contribution in [2.75, 3.05) is 11.9 Å². The lowest BCUT2D eigenvalue weighted by Gasteiger charge is -2.21. The van der Waals surface area contributed by atoms with Crippen LogP contribution in [0.15, 0.2) is 29.2 Å². The first kappa shape index (κ1) is 23.9. The molecule has 182 valence electrons. The molecule has 0 saturated heterocycles. The van der Waals surface area contributed by atoms with E-state index in [2.05, 4.69) is 15.3 Å². The number of halogens is 5. The molecule has 0 unspecified atom stereocenters. The van der Waals surface area contributed by atoms with E-state index in [-0.39, 0.29) is 28.5 Å². The zero-order chi connectivity index (χ0) is 24.8. The molecule has 1 saturated carbocycles. The molecule has 2 aromatic heterocycles. The number of alkyl halides is 4. The Balaban J connectivity index is 1.84. The van der Waals surface area contributed by atoms with E-state index in [0.717, 1.165) is 6.07 Å². The van der Waals surface area contributed by atoms with Crippen molar-refractivity contribution in [1.82, 2.24) is 14.5 Å². The minimum absolute atomic E-state index is 0.00105. The Morgan fingerprint density at radius 3 is 2.47 bits per heavy atom. The molecule has 6 nitrogen and oxygen atoms in total. The second kappa shape index (κ2) is 8.84. The number of hydrogen-bond acceptors (Lipinski definition) is 5. The predicted octanol–water partition coefficient (Wildman–Crippen LogP) is 5.50. The highest BCUT2D eigenvalue weighted by Gasteiger charge is 2.41. The van der Waals surface area contributed by atoms with Crippen LogP contribution >= 0.6 is 0 Å². The number of nitrogens with one attached hydrogen (secondary N) is 1. The van der Waals surface area contributed by atoms with Crippen LogP contribution in [0.1, 0.15) is 56.1 Å². The first-order valence-corrected chi connectivity index (χ1v) is 10.7. The van der Waals surface area contributed by atoms with E-state index in [0.29, 0.717) is 18.2 Å². The SMILES string of the molecule is Cc1nc(N[C@H](C)c2cccc(C(F)F)c2F)c2cn(C3(C)CC3)c(=O)c(OCC(F)F)c2n1. The van der Waals surface area contributed by atoms with E-state index in [9.17, 15) is 26.7 Å². The molecule has 0 spiro atoms. The molecule has 4 rings (SSSR count). The van der Waals surface area contributed by atoms with E-state index in [1.807, 2.05) is 6.92 Å². The smallest absolute Gasteiger partial charge is 0.295 e. The van der Waals surface area contributed by atoms with Gasteiger partial charge in [0, 0.05) is 17.3 Å². The highest BCUT2D eigenvalue weighted by molar-refractivity contribution is 5.92. The van der Waals surface area contributed by atoms with Crippen LogP contribution in [0.2, 0.25) is 0 Å². The maximum Gasteiger partial charge on any atom is 0.295 e. The van der Waals surface area contributed by atoms with E-state index >= 15 is 0 Å². The topological polar surface area (TPSA) is 69.0 Å². The van der Waals surface area contributed by atoms with Gasteiger partial charge in [0.05, 0.1) is 17.0 Å².